The SMILES string of the molecule is N=CC(=O)c1ccc(F)cc1. The highest BCUT2D eigenvalue weighted by atomic mass is 19.1. The fourth-order valence-corrected chi connectivity index (χ4v) is 0.697. The summed E-state index contributed by atoms with van der Waals surface area (Å²) in [4.78, 5) is 10.8. The van der Waals surface area contributed by atoms with Gasteiger partial charge in [-0.2, -0.15) is 0 Å². The fraction of sp³-hybridized carbons (Fsp3) is 0. The highest BCUT2D eigenvalue weighted by Crippen LogP contribution is 2.01. The highest BCUT2D eigenvalue weighted by molar-refractivity contribution is 6.34. The van der Waals surface area contributed by atoms with E-state index in [0.717, 1.165) is 0 Å². The molecule has 0 radical (unpaired) electrons. The van der Waals surface area contributed by atoms with Crippen molar-refractivity contribution in [3.8, 4) is 0 Å². The van der Waals surface area contributed by atoms with Crippen molar-refractivity contribution in [2.75, 3.05) is 0 Å². The van der Waals surface area contributed by atoms with E-state index in [1.54, 1.807) is 0 Å². The zero-order chi connectivity index (χ0) is 8.27. The van der Waals surface area contributed by atoms with Crippen molar-refractivity contribution >= 4 is 12.0 Å². The van der Waals surface area contributed by atoms with Gasteiger partial charge in [-0.05, 0) is 24.3 Å². The molecule has 1 rings (SSSR count). The molecule has 0 bridgehead atoms. The molecule has 0 spiro atoms. The molecule has 3 heteroatoms. The summed E-state index contributed by atoms with van der Waals surface area (Å²) < 4.78 is 12.3. The molecule has 1 aromatic rings. The lowest BCUT2D eigenvalue weighted by atomic mass is 10.1. The molecule has 11 heavy (non-hydrogen) atoms. The molecule has 0 aliphatic rings. The fourth-order valence-electron chi connectivity index (χ4n) is 0.697. The summed E-state index contributed by atoms with van der Waals surface area (Å²) in [6.07, 6.45) is 0.702. The third-order valence-electron chi connectivity index (χ3n) is 1.26. The largest absolute Gasteiger partial charge is 0.305 e. The molecule has 0 aliphatic heterocycles. The maximum absolute atomic E-state index is 12.3. The number of carbonyl (C=O) groups is 1. The lowest BCUT2D eigenvalue weighted by molar-refractivity contribution is 0.107. The molecule has 0 heterocycles. The first kappa shape index (κ1) is 7.60. The number of Topliss-reactive ketones (excluding diaryl/α,β-unsaturated/α-hetero) is 1. The van der Waals surface area contributed by atoms with E-state index in [4.69, 9.17) is 5.41 Å². The first-order chi connectivity index (χ1) is 5.24. The molecular weight excluding hydrogens is 145 g/mol. The smallest absolute Gasteiger partial charge is 0.203 e. The summed E-state index contributed by atoms with van der Waals surface area (Å²) in [5, 5.41) is 6.63. The van der Waals surface area contributed by atoms with Crippen LogP contribution in [-0.2, 0) is 0 Å². The number of hydrogen-bond acceptors (Lipinski definition) is 2. The van der Waals surface area contributed by atoms with Crippen molar-refractivity contribution in [3.05, 3.63) is 35.6 Å². The minimum Gasteiger partial charge on any atom is -0.305 e. The summed E-state index contributed by atoms with van der Waals surface area (Å²) in [5.41, 5.74) is 0.335. The number of carbonyl (C=O) groups excluding carboxylic acids is 1. The van der Waals surface area contributed by atoms with Gasteiger partial charge in [-0.15, -0.1) is 0 Å². The summed E-state index contributed by atoms with van der Waals surface area (Å²) in [6, 6.07) is 5.08. The van der Waals surface area contributed by atoms with Crippen molar-refractivity contribution in [1.29, 1.82) is 5.41 Å². The van der Waals surface area contributed by atoms with Crippen LogP contribution in [0.25, 0.3) is 0 Å². The van der Waals surface area contributed by atoms with Gasteiger partial charge in [-0.25, -0.2) is 4.39 Å². The second kappa shape index (κ2) is 3.05. The average Bonchev–Trinajstić information content (AvgIpc) is 2.05. The van der Waals surface area contributed by atoms with Crippen molar-refractivity contribution in [1.82, 2.24) is 0 Å². The van der Waals surface area contributed by atoms with Crippen LogP contribution in [0, 0.1) is 11.2 Å². The monoisotopic (exact) mass is 151 g/mol. The molecule has 0 fully saturated rings. The van der Waals surface area contributed by atoms with Crippen LogP contribution in [0.2, 0.25) is 0 Å². The van der Waals surface area contributed by atoms with E-state index < -0.39 is 5.78 Å². The standard InChI is InChI=1S/C8H6FNO/c9-7-3-1-6(2-4-7)8(11)5-10/h1-5,10H. The molecule has 0 unspecified atom stereocenters. The Balaban J connectivity index is 2.98. The van der Waals surface area contributed by atoms with Gasteiger partial charge in [-0.3, -0.25) is 4.79 Å². The van der Waals surface area contributed by atoms with Gasteiger partial charge in [0.05, 0.1) is 6.21 Å². The molecular formula is C8H6FNO. The van der Waals surface area contributed by atoms with Crippen molar-refractivity contribution in [2.24, 2.45) is 0 Å². The summed E-state index contributed by atoms with van der Waals surface area (Å²) in [5.74, 6) is -0.795. The van der Waals surface area contributed by atoms with Gasteiger partial charge in [0.25, 0.3) is 0 Å². The Morgan fingerprint density at radius 3 is 2.36 bits per heavy atom. The maximum atomic E-state index is 12.3. The Kier molecular flexibility index (Phi) is 2.11. The minimum absolute atomic E-state index is 0.335. The molecule has 0 saturated heterocycles. The molecule has 0 atom stereocenters. The number of rotatable bonds is 2. The van der Waals surface area contributed by atoms with Gasteiger partial charge in [0.1, 0.15) is 5.82 Å². The van der Waals surface area contributed by atoms with E-state index in [9.17, 15) is 9.18 Å². The summed E-state index contributed by atoms with van der Waals surface area (Å²) in [6.45, 7) is 0. The summed E-state index contributed by atoms with van der Waals surface area (Å²) >= 11 is 0. The first-order valence-corrected chi connectivity index (χ1v) is 3.04. The molecule has 0 saturated carbocycles. The number of hydrogen-bond donors (Lipinski definition) is 1. The highest BCUT2D eigenvalue weighted by Gasteiger charge is 1.99. The van der Waals surface area contributed by atoms with E-state index in [1.807, 2.05) is 0 Å². The quantitative estimate of drug-likeness (QED) is 0.506. The number of ketones is 1. The lowest BCUT2D eigenvalue weighted by Gasteiger charge is -1.92. The predicted molar refractivity (Wildman–Crippen MR) is 39.5 cm³/mol. The molecule has 0 amide bonds. The second-order valence-electron chi connectivity index (χ2n) is 2.02. The minimum atomic E-state index is -0.412. The summed E-state index contributed by atoms with van der Waals surface area (Å²) in [7, 11) is 0. The van der Waals surface area contributed by atoms with Crippen LogP contribution in [0.15, 0.2) is 24.3 Å². The van der Waals surface area contributed by atoms with Gasteiger partial charge in [0.2, 0.25) is 5.78 Å². The Bertz CT molecular complexity index is 279. The lowest BCUT2D eigenvalue weighted by Crippen LogP contribution is -1.98. The van der Waals surface area contributed by atoms with E-state index >= 15 is 0 Å². The third kappa shape index (κ3) is 1.70. The van der Waals surface area contributed by atoms with E-state index in [-0.39, 0.29) is 5.82 Å². The molecule has 0 aliphatic carbocycles. The molecule has 56 valence electrons. The third-order valence-corrected chi connectivity index (χ3v) is 1.26. The second-order valence-corrected chi connectivity index (χ2v) is 2.02. The molecule has 1 N–H and O–H groups in total. The average molecular weight is 151 g/mol. The molecule has 0 aromatic heterocycles. The van der Waals surface area contributed by atoms with Crippen LogP contribution in [0.1, 0.15) is 10.4 Å². The van der Waals surface area contributed by atoms with Crippen LogP contribution in [-0.4, -0.2) is 12.0 Å². The van der Waals surface area contributed by atoms with Gasteiger partial charge in [-0.1, -0.05) is 0 Å². The van der Waals surface area contributed by atoms with Crippen molar-refractivity contribution in [2.45, 2.75) is 0 Å². The normalized spacial score (nSPS) is 9.18. The van der Waals surface area contributed by atoms with Gasteiger partial charge in [0, 0.05) is 5.56 Å². The van der Waals surface area contributed by atoms with E-state index in [1.165, 1.54) is 24.3 Å². The van der Waals surface area contributed by atoms with Crippen LogP contribution in [0.3, 0.4) is 0 Å². The van der Waals surface area contributed by atoms with Crippen LogP contribution >= 0.6 is 0 Å². The topological polar surface area (TPSA) is 40.9 Å². The van der Waals surface area contributed by atoms with Crippen LogP contribution in [0.5, 0.6) is 0 Å². The Labute approximate surface area is 63.2 Å². The first-order valence-electron chi connectivity index (χ1n) is 3.04. The van der Waals surface area contributed by atoms with Gasteiger partial charge in [0.15, 0.2) is 0 Å². The number of halogens is 1. The van der Waals surface area contributed by atoms with Crippen LogP contribution < -0.4 is 0 Å². The molecule has 1 aromatic carbocycles. The Hall–Kier alpha value is -1.51. The van der Waals surface area contributed by atoms with Crippen molar-refractivity contribution < 1.29 is 9.18 Å². The van der Waals surface area contributed by atoms with Gasteiger partial charge < -0.3 is 5.41 Å². The van der Waals surface area contributed by atoms with Crippen LogP contribution in [0.4, 0.5) is 4.39 Å². The Morgan fingerprint density at radius 2 is 1.91 bits per heavy atom. The zero-order valence-electron chi connectivity index (χ0n) is 5.67. The number of benzene rings is 1. The van der Waals surface area contributed by atoms with E-state index in [0.29, 0.717) is 11.8 Å². The number of nitrogens with one attached hydrogen (secondary N) is 1. The zero-order valence-corrected chi connectivity index (χ0v) is 5.67. The van der Waals surface area contributed by atoms with E-state index in [2.05, 4.69) is 0 Å². The maximum Gasteiger partial charge on any atom is 0.203 e. The van der Waals surface area contributed by atoms with Crippen molar-refractivity contribution in [3.63, 3.8) is 0 Å². The predicted octanol–water partition coefficient (Wildman–Crippen LogP) is 1.66. The Morgan fingerprint density at radius 1 is 1.36 bits per heavy atom. The van der Waals surface area contributed by atoms with Gasteiger partial charge >= 0.3 is 0 Å². The molecule has 2 nitrogen and oxygen atoms in total.